The predicted molar refractivity (Wildman–Crippen MR) is 136 cm³/mol. The zero-order valence-electron chi connectivity index (χ0n) is 19.6. The van der Waals surface area contributed by atoms with Gasteiger partial charge in [-0.1, -0.05) is 37.3 Å². The van der Waals surface area contributed by atoms with E-state index in [0.717, 1.165) is 41.8 Å². The molecule has 3 aromatic rings. The summed E-state index contributed by atoms with van der Waals surface area (Å²) in [6.45, 7) is 4.90. The molecule has 1 unspecified atom stereocenters. The van der Waals surface area contributed by atoms with Crippen LogP contribution in [0.5, 0.6) is 5.75 Å². The highest BCUT2D eigenvalue weighted by molar-refractivity contribution is 7.17. The molecule has 0 fully saturated rings. The summed E-state index contributed by atoms with van der Waals surface area (Å²) in [6, 6.07) is 17.5. The Morgan fingerprint density at radius 1 is 1.09 bits per heavy atom. The number of amides is 1. The Morgan fingerprint density at radius 3 is 2.59 bits per heavy atom. The SMILES string of the molecule is CCOC(=O)c1c(NC(=O)CNc2ccc(OCc3ccccc3)cc2)sc2c1CCC(C)C2. The van der Waals surface area contributed by atoms with Crippen LogP contribution in [0, 0.1) is 5.92 Å². The molecule has 1 amide bonds. The van der Waals surface area contributed by atoms with Crippen LogP contribution in [0.3, 0.4) is 0 Å². The molecule has 0 spiro atoms. The molecule has 6 nitrogen and oxygen atoms in total. The van der Waals surface area contributed by atoms with E-state index in [1.165, 1.54) is 16.2 Å². The van der Waals surface area contributed by atoms with Crippen molar-refractivity contribution in [1.82, 2.24) is 0 Å². The summed E-state index contributed by atoms with van der Waals surface area (Å²) < 4.78 is 11.1. The molecule has 34 heavy (non-hydrogen) atoms. The lowest BCUT2D eigenvalue weighted by atomic mass is 9.88. The Kier molecular flexibility index (Phi) is 7.85. The molecule has 1 heterocycles. The molecular weight excluding hydrogens is 448 g/mol. The second kappa shape index (κ2) is 11.2. The van der Waals surface area contributed by atoms with Crippen LogP contribution < -0.4 is 15.4 Å². The summed E-state index contributed by atoms with van der Waals surface area (Å²) in [5.41, 5.74) is 3.48. The molecule has 0 aliphatic heterocycles. The monoisotopic (exact) mass is 478 g/mol. The Hall–Kier alpha value is -3.32. The Morgan fingerprint density at radius 2 is 1.85 bits per heavy atom. The number of fused-ring (bicyclic) bond motifs is 1. The van der Waals surface area contributed by atoms with Crippen LogP contribution in [-0.2, 0) is 29.0 Å². The molecule has 0 radical (unpaired) electrons. The number of ether oxygens (including phenoxy) is 2. The number of hydrogen-bond acceptors (Lipinski definition) is 6. The van der Waals surface area contributed by atoms with E-state index in [4.69, 9.17) is 9.47 Å². The fourth-order valence-corrected chi connectivity index (χ4v) is 5.44. The van der Waals surface area contributed by atoms with Gasteiger partial charge in [-0.05, 0) is 67.5 Å². The highest BCUT2D eigenvalue weighted by Crippen LogP contribution is 2.40. The largest absolute Gasteiger partial charge is 0.489 e. The van der Waals surface area contributed by atoms with Crippen molar-refractivity contribution in [3.8, 4) is 5.75 Å². The molecule has 1 aliphatic carbocycles. The zero-order chi connectivity index (χ0) is 23.9. The molecule has 1 aromatic heterocycles. The number of nitrogens with one attached hydrogen (secondary N) is 2. The maximum atomic E-state index is 12.7. The van der Waals surface area contributed by atoms with E-state index in [9.17, 15) is 9.59 Å². The molecule has 0 saturated carbocycles. The number of rotatable bonds is 9. The van der Waals surface area contributed by atoms with Crippen molar-refractivity contribution in [2.45, 2.75) is 39.7 Å². The van der Waals surface area contributed by atoms with Gasteiger partial charge in [-0.2, -0.15) is 0 Å². The minimum Gasteiger partial charge on any atom is -0.489 e. The van der Waals surface area contributed by atoms with Crippen LogP contribution in [0.4, 0.5) is 10.7 Å². The minimum atomic E-state index is -0.357. The summed E-state index contributed by atoms with van der Waals surface area (Å²) >= 11 is 1.50. The van der Waals surface area contributed by atoms with Gasteiger partial charge in [0.1, 0.15) is 17.4 Å². The van der Waals surface area contributed by atoms with Crippen LogP contribution >= 0.6 is 11.3 Å². The van der Waals surface area contributed by atoms with Gasteiger partial charge in [0.2, 0.25) is 5.91 Å². The summed E-state index contributed by atoms with van der Waals surface area (Å²) in [4.78, 5) is 26.5. The highest BCUT2D eigenvalue weighted by atomic mass is 32.1. The van der Waals surface area contributed by atoms with Crippen LogP contribution in [-0.4, -0.2) is 25.0 Å². The third kappa shape index (κ3) is 5.97. The molecule has 0 bridgehead atoms. The molecule has 2 aromatic carbocycles. The molecule has 2 N–H and O–H groups in total. The van der Waals surface area contributed by atoms with Crippen LogP contribution in [0.15, 0.2) is 54.6 Å². The molecule has 0 saturated heterocycles. The van der Waals surface area contributed by atoms with E-state index in [0.29, 0.717) is 29.7 Å². The lowest BCUT2D eigenvalue weighted by Crippen LogP contribution is -2.22. The number of anilines is 2. The number of carbonyl (C=O) groups excluding carboxylic acids is 2. The molecule has 1 aliphatic rings. The first kappa shape index (κ1) is 23.8. The van der Waals surface area contributed by atoms with Crippen LogP contribution in [0.1, 0.15) is 46.6 Å². The van der Waals surface area contributed by atoms with Gasteiger partial charge in [0.15, 0.2) is 0 Å². The summed E-state index contributed by atoms with van der Waals surface area (Å²) in [5.74, 6) is 0.771. The molecule has 7 heteroatoms. The molecule has 178 valence electrons. The lowest BCUT2D eigenvalue weighted by Gasteiger charge is -2.18. The second-order valence-corrected chi connectivity index (χ2v) is 9.58. The van der Waals surface area contributed by atoms with Gasteiger partial charge in [-0.25, -0.2) is 4.79 Å². The van der Waals surface area contributed by atoms with Crippen LogP contribution in [0.2, 0.25) is 0 Å². The smallest absolute Gasteiger partial charge is 0.341 e. The van der Waals surface area contributed by atoms with Crippen molar-refractivity contribution < 1.29 is 19.1 Å². The maximum absolute atomic E-state index is 12.7. The quantitative estimate of drug-likeness (QED) is 0.387. The Bertz CT molecular complexity index is 1130. The predicted octanol–water partition coefficient (Wildman–Crippen LogP) is 5.68. The van der Waals surface area contributed by atoms with E-state index in [1.54, 1.807) is 6.92 Å². The number of thiophene rings is 1. The molecule has 1 atom stereocenters. The average Bonchev–Trinajstić information content (AvgIpc) is 3.19. The van der Waals surface area contributed by atoms with Crippen molar-refractivity contribution in [3.05, 3.63) is 76.2 Å². The number of benzene rings is 2. The van der Waals surface area contributed by atoms with Gasteiger partial charge in [0, 0.05) is 10.6 Å². The first-order valence-electron chi connectivity index (χ1n) is 11.7. The number of carbonyl (C=O) groups is 2. The molecule has 4 rings (SSSR count). The average molecular weight is 479 g/mol. The zero-order valence-corrected chi connectivity index (χ0v) is 20.4. The van der Waals surface area contributed by atoms with Gasteiger partial charge in [-0.3, -0.25) is 4.79 Å². The van der Waals surface area contributed by atoms with Gasteiger partial charge in [-0.15, -0.1) is 11.3 Å². The van der Waals surface area contributed by atoms with E-state index in [2.05, 4.69) is 17.6 Å². The third-order valence-electron chi connectivity index (χ3n) is 5.80. The number of hydrogen-bond donors (Lipinski definition) is 2. The van der Waals surface area contributed by atoms with Gasteiger partial charge in [0.05, 0.1) is 18.7 Å². The van der Waals surface area contributed by atoms with Gasteiger partial charge < -0.3 is 20.1 Å². The van der Waals surface area contributed by atoms with E-state index >= 15 is 0 Å². The summed E-state index contributed by atoms with van der Waals surface area (Å²) in [5, 5.41) is 6.65. The van der Waals surface area contributed by atoms with E-state index in [-0.39, 0.29) is 18.4 Å². The topological polar surface area (TPSA) is 76.7 Å². The highest BCUT2D eigenvalue weighted by Gasteiger charge is 2.29. The first-order chi connectivity index (χ1) is 16.5. The normalized spacial score (nSPS) is 14.7. The third-order valence-corrected chi connectivity index (χ3v) is 6.97. The lowest BCUT2D eigenvalue weighted by molar-refractivity contribution is -0.114. The molecular formula is C27H30N2O4S. The second-order valence-electron chi connectivity index (χ2n) is 8.48. The fourth-order valence-electron chi connectivity index (χ4n) is 4.02. The van der Waals surface area contributed by atoms with Crippen molar-refractivity contribution in [3.63, 3.8) is 0 Å². The Labute approximate surface area is 204 Å². The van der Waals surface area contributed by atoms with Gasteiger partial charge in [0.25, 0.3) is 0 Å². The minimum absolute atomic E-state index is 0.0887. The van der Waals surface area contributed by atoms with Crippen molar-refractivity contribution in [2.24, 2.45) is 5.92 Å². The summed E-state index contributed by atoms with van der Waals surface area (Å²) in [6.07, 6.45) is 2.81. The van der Waals surface area contributed by atoms with E-state index < -0.39 is 0 Å². The maximum Gasteiger partial charge on any atom is 0.341 e. The van der Waals surface area contributed by atoms with Crippen molar-refractivity contribution in [2.75, 3.05) is 23.8 Å². The van der Waals surface area contributed by atoms with E-state index in [1.807, 2.05) is 54.6 Å². The van der Waals surface area contributed by atoms with Gasteiger partial charge >= 0.3 is 5.97 Å². The van der Waals surface area contributed by atoms with Crippen molar-refractivity contribution >= 4 is 33.9 Å². The van der Waals surface area contributed by atoms with Crippen LogP contribution in [0.25, 0.3) is 0 Å². The standard InChI is InChI=1S/C27H30N2O4S/c1-3-32-27(31)25-22-14-9-18(2)15-23(22)34-26(25)29-24(30)16-28-20-10-12-21(13-11-20)33-17-19-7-5-4-6-8-19/h4-8,10-13,18,28H,3,9,14-17H2,1-2H3,(H,29,30). The number of esters is 1. The fraction of sp³-hybridized carbons (Fsp3) is 0.333. The summed E-state index contributed by atoms with van der Waals surface area (Å²) in [7, 11) is 0. The van der Waals surface area contributed by atoms with Crippen molar-refractivity contribution in [1.29, 1.82) is 0 Å². The first-order valence-corrected chi connectivity index (χ1v) is 12.5. The Balaban J connectivity index is 1.34.